The van der Waals surface area contributed by atoms with E-state index in [2.05, 4.69) is 4.84 Å². The summed E-state index contributed by atoms with van der Waals surface area (Å²) in [4.78, 5) is 24.5. The molecule has 0 spiro atoms. The first-order chi connectivity index (χ1) is 6.78. The summed E-state index contributed by atoms with van der Waals surface area (Å²) in [7, 11) is 0. The molecule has 0 aromatic heterocycles. The minimum atomic E-state index is -1.20. The lowest BCUT2D eigenvalue weighted by molar-refractivity contribution is -0.166. The molecule has 15 heavy (non-hydrogen) atoms. The summed E-state index contributed by atoms with van der Waals surface area (Å²) in [6.07, 6.45) is 0.105. The third-order valence-electron chi connectivity index (χ3n) is 1.52. The van der Waals surface area contributed by atoms with Crippen LogP contribution < -0.4 is 4.84 Å². The highest BCUT2D eigenvalue weighted by Crippen LogP contribution is 2.13. The summed E-state index contributed by atoms with van der Waals surface area (Å²) in [5.41, 5.74) is -0.681. The van der Waals surface area contributed by atoms with Crippen molar-refractivity contribution in [2.75, 3.05) is 6.54 Å². The molecule has 5 nitrogen and oxygen atoms in total. The topological polar surface area (TPSA) is 75.6 Å². The van der Waals surface area contributed by atoms with Gasteiger partial charge in [-0.25, -0.2) is 4.84 Å². The highest BCUT2D eigenvalue weighted by Gasteiger charge is 2.30. The van der Waals surface area contributed by atoms with E-state index in [1.54, 1.807) is 20.8 Å². The van der Waals surface area contributed by atoms with Crippen LogP contribution in [0.1, 0.15) is 27.2 Å². The van der Waals surface area contributed by atoms with Gasteiger partial charge in [0.05, 0.1) is 0 Å². The molecule has 88 valence electrons. The van der Waals surface area contributed by atoms with Gasteiger partial charge in [0.2, 0.25) is 0 Å². The highest BCUT2D eigenvalue weighted by molar-refractivity contribution is 6.13. The fourth-order valence-electron chi connectivity index (χ4n) is 0.914. The summed E-state index contributed by atoms with van der Waals surface area (Å²) in [6.45, 7) is 5.29. The quantitative estimate of drug-likeness (QED) is 0.426. The van der Waals surface area contributed by atoms with E-state index >= 15 is 0 Å². The average molecular weight is 238 g/mol. The van der Waals surface area contributed by atoms with Crippen molar-refractivity contribution in [1.29, 1.82) is 0 Å². The number of hydrogen-bond donors (Lipinski definition) is 2. The van der Waals surface area contributed by atoms with Crippen molar-refractivity contribution in [3.63, 3.8) is 0 Å². The molecule has 0 radical (unpaired) electrons. The van der Waals surface area contributed by atoms with Gasteiger partial charge in [0, 0.05) is 6.54 Å². The Morgan fingerprint density at radius 3 is 2.33 bits per heavy atom. The summed E-state index contributed by atoms with van der Waals surface area (Å²) in [6, 6.07) is 0. The predicted octanol–water partition coefficient (Wildman–Crippen LogP) is 1.16. The fraction of sp³-hybridized carbons (Fsp3) is 0.778. The van der Waals surface area contributed by atoms with Crippen molar-refractivity contribution in [3.8, 4) is 0 Å². The molecule has 0 aromatic carbocycles. The molecule has 0 rings (SSSR count). The van der Waals surface area contributed by atoms with Crippen molar-refractivity contribution >= 4 is 23.7 Å². The summed E-state index contributed by atoms with van der Waals surface area (Å²) in [5.74, 6) is -3.10. The number of carboxylic acid groups (broad SMARTS) is 1. The van der Waals surface area contributed by atoms with E-state index in [0.29, 0.717) is 0 Å². The van der Waals surface area contributed by atoms with Crippen LogP contribution in [0.2, 0.25) is 0 Å². The van der Waals surface area contributed by atoms with E-state index in [4.69, 9.17) is 21.6 Å². The van der Waals surface area contributed by atoms with Crippen molar-refractivity contribution in [2.45, 2.75) is 32.8 Å². The van der Waals surface area contributed by atoms with E-state index < -0.39 is 23.5 Å². The third kappa shape index (κ3) is 6.30. The lowest BCUT2D eigenvalue weighted by Crippen LogP contribution is -2.33. The Bertz CT molecular complexity index is 237. The molecule has 0 aliphatic heterocycles. The molecule has 0 aliphatic carbocycles. The Morgan fingerprint density at radius 2 is 2.00 bits per heavy atom. The smallest absolute Gasteiger partial charge is 0.320 e. The van der Waals surface area contributed by atoms with Crippen LogP contribution in [-0.4, -0.2) is 29.2 Å². The number of carbonyl (C=O) groups is 2. The first-order valence-electron chi connectivity index (χ1n) is 4.57. The Hall–Kier alpha value is -0.810. The van der Waals surface area contributed by atoms with Crippen LogP contribution in [0.5, 0.6) is 0 Å². The molecule has 0 aromatic rings. The number of esters is 1. The van der Waals surface area contributed by atoms with Crippen LogP contribution in [0.4, 0.5) is 0 Å². The van der Waals surface area contributed by atoms with E-state index in [1.165, 1.54) is 0 Å². The molecule has 0 bridgehead atoms. The Morgan fingerprint density at radius 1 is 1.47 bits per heavy atom. The zero-order valence-electron chi connectivity index (χ0n) is 9.04. The summed E-state index contributed by atoms with van der Waals surface area (Å²) >= 11 is 5.19. The number of hydrogen-bond acceptors (Lipinski definition) is 4. The standard InChI is InChI=1S/C9H16ClNO4/c1-9(2,3)15-8(14)6(7(12)13)4-5-11-10/h6,11H,4-5H2,1-3H3,(H,12,13). The number of aliphatic carboxylic acids is 1. The highest BCUT2D eigenvalue weighted by atomic mass is 35.5. The van der Waals surface area contributed by atoms with Gasteiger partial charge >= 0.3 is 11.9 Å². The Balaban J connectivity index is 4.36. The van der Waals surface area contributed by atoms with E-state index in [0.717, 1.165) is 0 Å². The largest absolute Gasteiger partial charge is 0.481 e. The second kappa shape index (κ2) is 5.92. The van der Waals surface area contributed by atoms with E-state index in [1.807, 2.05) is 0 Å². The SMILES string of the molecule is CC(C)(C)OC(=O)C(CCNCl)C(=O)O. The molecule has 1 unspecified atom stereocenters. The van der Waals surface area contributed by atoms with Crippen LogP contribution in [-0.2, 0) is 14.3 Å². The predicted molar refractivity (Wildman–Crippen MR) is 55.4 cm³/mol. The van der Waals surface area contributed by atoms with Crippen LogP contribution in [0.3, 0.4) is 0 Å². The van der Waals surface area contributed by atoms with E-state index in [-0.39, 0.29) is 13.0 Å². The van der Waals surface area contributed by atoms with Crippen molar-refractivity contribution in [1.82, 2.24) is 4.84 Å². The minimum Gasteiger partial charge on any atom is -0.481 e. The minimum absolute atomic E-state index is 0.105. The first-order valence-corrected chi connectivity index (χ1v) is 4.95. The Labute approximate surface area is 93.9 Å². The average Bonchev–Trinajstić information content (AvgIpc) is 2.00. The lowest BCUT2D eigenvalue weighted by atomic mass is 10.1. The van der Waals surface area contributed by atoms with Gasteiger partial charge in [0.25, 0.3) is 0 Å². The monoisotopic (exact) mass is 237 g/mol. The first kappa shape index (κ1) is 14.2. The molecule has 0 fully saturated rings. The van der Waals surface area contributed by atoms with Gasteiger partial charge in [-0.05, 0) is 39.0 Å². The van der Waals surface area contributed by atoms with Crippen molar-refractivity contribution in [2.24, 2.45) is 5.92 Å². The van der Waals surface area contributed by atoms with Crippen LogP contribution >= 0.6 is 11.8 Å². The van der Waals surface area contributed by atoms with Crippen LogP contribution in [0.25, 0.3) is 0 Å². The van der Waals surface area contributed by atoms with Gasteiger partial charge in [-0.1, -0.05) is 0 Å². The zero-order chi connectivity index (χ0) is 12.1. The zero-order valence-corrected chi connectivity index (χ0v) is 9.80. The number of carbonyl (C=O) groups excluding carboxylic acids is 1. The Kier molecular flexibility index (Phi) is 5.60. The summed E-state index contributed by atoms with van der Waals surface area (Å²) < 4.78 is 4.97. The molecule has 0 amide bonds. The molecular weight excluding hydrogens is 222 g/mol. The number of halogens is 1. The number of nitrogens with one attached hydrogen (secondary N) is 1. The fourth-order valence-corrected chi connectivity index (χ4v) is 1.02. The van der Waals surface area contributed by atoms with Crippen LogP contribution in [0, 0.1) is 5.92 Å². The maximum absolute atomic E-state index is 11.4. The summed E-state index contributed by atoms with van der Waals surface area (Å²) in [5, 5.41) is 8.80. The molecule has 0 saturated heterocycles. The molecule has 6 heteroatoms. The van der Waals surface area contributed by atoms with Gasteiger partial charge in [-0.15, -0.1) is 0 Å². The van der Waals surface area contributed by atoms with Gasteiger partial charge < -0.3 is 9.84 Å². The van der Waals surface area contributed by atoms with Crippen molar-refractivity contribution < 1.29 is 19.4 Å². The van der Waals surface area contributed by atoms with Gasteiger partial charge in [-0.2, -0.15) is 0 Å². The third-order valence-corrected chi connectivity index (χ3v) is 1.71. The molecular formula is C9H16ClNO4. The number of rotatable bonds is 5. The second-order valence-electron chi connectivity index (χ2n) is 4.10. The molecule has 0 aliphatic rings. The second-order valence-corrected chi connectivity index (χ2v) is 4.36. The molecule has 0 saturated carbocycles. The molecule has 1 atom stereocenters. The molecule has 0 heterocycles. The number of carboxylic acids is 1. The van der Waals surface area contributed by atoms with E-state index in [9.17, 15) is 9.59 Å². The molecule has 2 N–H and O–H groups in total. The van der Waals surface area contributed by atoms with Crippen LogP contribution in [0.15, 0.2) is 0 Å². The van der Waals surface area contributed by atoms with Crippen molar-refractivity contribution in [3.05, 3.63) is 0 Å². The normalized spacial score (nSPS) is 13.3. The number of ether oxygens (including phenoxy) is 1. The maximum Gasteiger partial charge on any atom is 0.320 e. The van der Waals surface area contributed by atoms with Gasteiger partial charge in [-0.3, -0.25) is 9.59 Å². The van der Waals surface area contributed by atoms with Gasteiger partial charge in [0.1, 0.15) is 5.60 Å². The maximum atomic E-state index is 11.4. The lowest BCUT2D eigenvalue weighted by Gasteiger charge is -2.22. The van der Waals surface area contributed by atoms with Gasteiger partial charge in [0.15, 0.2) is 5.92 Å².